The van der Waals surface area contributed by atoms with Gasteiger partial charge in [-0.2, -0.15) is 0 Å². The van der Waals surface area contributed by atoms with E-state index in [0.29, 0.717) is 10.8 Å². The van der Waals surface area contributed by atoms with Gasteiger partial charge in [0.05, 0.1) is 10.2 Å². The molecular formula is C15H18N4O2S2. The van der Waals surface area contributed by atoms with Gasteiger partial charge >= 0.3 is 0 Å². The predicted molar refractivity (Wildman–Crippen MR) is 97.7 cm³/mol. The number of aromatic nitrogens is 1. The van der Waals surface area contributed by atoms with E-state index in [1.54, 1.807) is 6.07 Å². The maximum Gasteiger partial charge on any atom is 0.231 e. The number of carbonyl (C=O) groups is 2. The van der Waals surface area contributed by atoms with Gasteiger partial charge in [-0.3, -0.25) is 9.59 Å². The smallest absolute Gasteiger partial charge is 0.231 e. The Morgan fingerprint density at radius 3 is 2.52 bits per heavy atom. The normalized spacial score (nSPS) is 11.1. The van der Waals surface area contributed by atoms with E-state index in [1.807, 2.05) is 32.9 Å². The van der Waals surface area contributed by atoms with Crippen LogP contribution in [0.2, 0.25) is 0 Å². The summed E-state index contributed by atoms with van der Waals surface area (Å²) in [6.07, 6.45) is 0. The van der Waals surface area contributed by atoms with E-state index in [2.05, 4.69) is 20.9 Å². The molecule has 0 aliphatic carbocycles. The molecule has 0 spiro atoms. The zero-order valence-electron chi connectivity index (χ0n) is 13.3. The average Bonchev–Trinajstić information content (AvgIpc) is 2.77. The Kier molecular flexibility index (Phi) is 4.96. The highest BCUT2D eigenvalue weighted by Crippen LogP contribution is 2.28. The summed E-state index contributed by atoms with van der Waals surface area (Å²) in [6.45, 7) is 6.89. The Morgan fingerprint density at radius 1 is 1.22 bits per heavy atom. The monoisotopic (exact) mass is 350 g/mol. The van der Waals surface area contributed by atoms with E-state index in [0.717, 1.165) is 10.2 Å². The van der Waals surface area contributed by atoms with Gasteiger partial charge in [0.1, 0.15) is 0 Å². The summed E-state index contributed by atoms with van der Waals surface area (Å²) in [5.41, 5.74) is 0.979. The zero-order chi connectivity index (χ0) is 17.2. The second kappa shape index (κ2) is 6.59. The molecule has 0 saturated heterocycles. The van der Waals surface area contributed by atoms with E-state index in [4.69, 9.17) is 12.2 Å². The summed E-state index contributed by atoms with van der Waals surface area (Å²) in [5.74, 6) is -0.290. The van der Waals surface area contributed by atoms with Crippen LogP contribution in [0.25, 0.3) is 10.2 Å². The lowest BCUT2D eigenvalue weighted by Crippen LogP contribution is -2.41. The van der Waals surface area contributed by atoms with Crippen LogP contribution in [0.1, 0.15) is 27.7 Å². The zero-order valence-corrected chi connectivity index (χ0v) is 14.9. The van der Waals surface area contributed by atoms with Gasteiger partial charge in [0, 0.05) is 18.0 Å². The Balaban J connectivity index is 2.10. The van der Waals surface area contributed by atoms with Crippen molar-refractivity contribution in [1.82, 2.24) is 10.3 Å². The first-order valence-corrected chi connectivity index (χ1v) is 8.18. The molecule has 2 aromatic rings. The number of rotatable bonds is 2. The molecule has 1 aromatic carbocycles. The SMILES string of the molecule is CC(=O)Nc1ccc2nc(NC(=S)NC(=O)C(C)(C)C)sc2c1. The second-order valence-corrected chi connectivity index (χ2v) is 7.48. The van der Waals surface area contributed by atoms with Gasteiger partial charge in [0.15, 0.2) is 10.2 Å². The van der Waals surface area contributed by atoms with Gasteiger partial charge in [0.2, 0.25) is 11.8 Å². The van der Waals surface area contributed by atoms with Gasteiger partial charge in [0.25, 0.3) is 0 Å². The molecule has 122 valence electrons. The number of hydrogen-bond donors (Lipinski definition) is 3. The molecule has 2 rings (SSSR count). The van der Waals surface area contributed by atoms with Crippen molar-refractivity contribution >= 4 is 61.5 Å². The average molecular weight is 350 g/mol. The molecule has 0 fully saturated rings. The Hall–Kier alpha value is -2.06. The minimum atomic E-state index is -0.521. The number of nitrogens with zero attached hydrogens (tertiary/aromatic N) is 1. The number of thiazole rings is 1. The van der Waals surface area contributed by atoms with Crippen LogP contribution in [0.3, 0.4) is 0 Å². The molecule has 0 aliphatic rings. The van der Waals surface area contributed by atoms with Gasteiger partial charge in [-0.25, -0.2) is 4.98 Å². The standard InChI is InChI=1S/C15H18N4O2S2/c1-8(20)16-9-5-6-10-11(7-9)23-14(17-10)19-13(22)18-12(21)15(2,3)4/h5-7H,1-4H3,(H,16,20)(H2,17,18,19,21,22). The quantitative estimate of drug-likeness (QED) is 0.725. The Labute approximate surface area is 143 Å². The molecule has 8 heteroatoms. The second-order valence-electron chi connectivity index (χ2n) is 6.04. The molecule has 0 bridgehead atoms. The van der Waals surface area contributed by atoms with Crippen molar-refractivity contribution in [1.29, 1.82) is 0 Å². The van der Waals surface area contributed by atoms with E-state index < -0.39 is 5.41 Å². The van der Waals surface area contributed by atoms with Crippen LogP contribution >= 0.6 is 23.6 Å². The molecule has 0 saturated carbocycles. The molecule has 0 atom stereocenters. The van der Waals surface area contributed by atoms with Gasteiger partial charge in [-0.05, 0) is 30.4 Å². The van der Waals surface area contributed by atoms with Crippen LogP contribution in [0.4, 0.5) is 10.8 Å². The summed E-state index contributed by atoms with van der Waals surface area (Å²) in [5, 5.41) is 9.08. The maximum atomic E-state index is 11.9. The van der Waals surface area contributed by atoms with Crippen molar-refractivity contribution in [3.63, 3.8) is 0 Å². The number of hydrogen-bond acceptors (Lipinski definition) is 5. The van der Waals surface area contributed by atoms with E-state index in [1.165, 1.54) is 18.3 Å². The molecule has 0 unspecified atom stereocenters. The van der Waals surface area contributed by atoms with Crippen LogP contribution in [-0.2, 0) is 9.59 Å². The number of benzene rings is 1. The number of carbonyl (C=O) groups excluding carboxylic acids is 2. The molecule has 0 radical (unpaired) electrons. The first-order chi connectivity index (χ1) is 10.6. The Bertz CT molecular complexity index is 777. The largest absolute Gasteiger partial charge is 0.326 e. The van der Waals surface area contributed by atoms with Crippen LogP contribution < -0.4 is 16.0 Å². The summed E-state index contributed by atoms with van der Waals surface area (Å²) in [6, 6.07) is 5.45. The van der Waals surface area contributed by atoms with Crippen molar-refractivity contribution < 1.29 is 9.59 Å². The first kappa shape index (κ1) is 17.3. The molecule has 1 heterocycles. The van der Waals surface area contributed by atoms with Gasteiger partial charge in [-0.1, -0.05) is 32.1 Å². The fourth-order valence-corrected chi connectivity index (χ4v) is 2.84. The lowest BCUT2D eigenvalue weighted by Gasteiger charge is -2.17. The highest BCUT2D eigenvalue weighted by molar-refractivity contribution is 7.80. The fraction of sp³-hybridized carbons (Fsp3) is 0.333. The van der Waals surface area contributed by atoms with Crippen molar-refractivity contribution in [2.75, 3.05) is 10.6 Å². The topological polar surface area (TPSA) is 83.1 Å². The third kappa shape index (κ3) is 4.70. The lowest BCUT2D eigenvalue weighted by atomic mass is 9.96. The maximum absolute atomic E-state index is 11.9. The van der Waals surface area contributed by atoms with Crippen molar-refractivity contribution in [2.45, 2.75) is 27.7 Å². The fourth-order valence-electron chi connectivity index (χ4n) is 1.68. The van der Waals surface area contributed by atoms with Crippen molar-refractivity contribution in [2.24, 2.45) is 5.41 Å². The number of amides is 2. The minimum Gasteiger partial charge on any atom is -0.326 e. The summed E-state index contributed by atoms with van der Waals surface area (Å²) in [4.78, 5) is 27.4. The highest BCUT2D eigenvalue weighted by atomic mass is 32.1. The number of fused-ring (bicyclic) bond motifs is 1. The van der Waals surface area contributed by atoms with E-state index >= 15 is 0 Å². The molecule has 23 heavy (non-hydrogen) atoms. The van der Waals surface area contributed by atoms with Crippen LogP contribution in [0.15, 0.2) is 18.2 Å². The van der Waals surface area contributed by atoms with Crippen LogP contribution in [0, 0.1) is 5.41 Å². The molecule has 6 nitrogen and oxygen atoms in total. The molecule has 1 aromatic heterocycles. The molecule has 0 aliphatic heterocycles. The third-order valence-corrected chi connectivity index (χ3v) is 3.98. The van der Waals surface area contributed by atoms with E-state index in [-0.39, 0.29) is 16.9 Å². The van der Waals surface area contributed by atoms with Crippen LogP contribution in [-0.4, -0.2) is 21.9 Å². The summed E-state index contributed by atoms with van der Waals surface area (Å²) < 4.78 is 0.906. The lowest BCUT2D eigenvalue weighted by molar-refractivity contribution is -0.126. The number of thiocarbonyl (C=S) groups is 1. The number of anilines is 2. The predicted octanol–water partition coefficient (Wildman–Crippen LogP) is 3.11. The summed E-state index contributed by atoms with van der Waals surface area (Å²) in [7, 11) is 0. The summed E-state index contributed by atoms with van der Waals surface area (Å²) >= 11 is 6.52. The van der Waals surface area contributed by atoms with E-state index in [9.17, 15) is 9.59 Å². The third-order valence-electron chi connectivity index (χ3n) is 2.84. The first-order valence-electron chi connectivity index (χ1n) is 6.96. The molecule has 3 N–H and O–H groups in total. The van der Waals surface area contributed by atoms with Crippen LogP contribution in [0.5, 0.6) is 0 Å². The van der Waals surface area contributed by atoms with Crippen molar-refractivity contribution in [3.05, 3.63) is 18.2 Å². The van der Waals surface area contributed by atoms with Gasteiger partial charge < -0.3 is 16.0 Å². The molecule has 2 amide bonds. The number of nitrogens with one attached hydrogen (secondary N) is 3. The Morgan fingerprint density at radius 2 is 1.91 bits per heavy atom. The van der Waals surface area contributed by atoms with Gasteiger partial charge in [-0.15, -0.1) is 0 Å². The minimum absolute atomic E-state index is 0.127. The molecular weight excluding hydrogens is 332 g/mol. The van der Waals surface area contributed by atoms with Crippen molar-refractivity contribution in [3.8, 4) is 0 Å². The highest BCUT2D eigenvalue weighted by Gasteiger charge is 2.22.